The highest BCUT2D eigenvalue weighted by atomic mass is 79.9. The molecular weight excluding hydrogens is 462 g/mol. The maximum Gasteiger partial charge on any atom is 0.303 e. The minimum absolute atomic E-state index is 0.0381. The van der Waals surface area contributed by atoms with E-state index < -0.39 is 5.97 Å². The van der Waals surface area contributed by atoms with Crippen molar-refractivity contribution in [2.75, 3.05) is 0 Å². The molecule has 0 aliphatic carbocycles. The van der Waals surface area contributed by atoms with E-state index in [1.165, 1.54) is 0 Å². The van der Waals surface area contributed by atoms with Gasteiger partial charge in [0.1, 0.15) is 0 Å². The van der Waals surface area contributed by atoms with Crippen molar-refractivity contribution in [3.8, 4) is 0 Å². The zero-order valence-corrected chi connectivity index (χ0v) is 16.8. The molecule has 3 rings (SSSR count). The highest BCUT2D eigenvalue weighted by molar-refractivity contribution is 9.10. The first-order valence-corrected chi connectivity index (χ1v) is 9.52. The largest absolute Gasteiger partial charge is 0.481 e. The third-order valence-electron chi connectivity index (χ3n) is 4.04. The highest BCUT2D eigenvalue weighted by Crippen LogP contribution is 2.31. The predicted molar refractivity (Wildman–Crippen MR) is 108 cm³/mol. The molecular formula is C20H15Br2NO3. The third kappa shape index (κ3) is 4.31. The Balaban J connectivity index is 2.05. The molecule has 6 heteroatoms. The lowest BCUT2D eigenvalue weighted by Crippen LogP contribution is -2.17. The number of carboxylic acids is 1. The van der Waals surface area contributed by atoms with Crippen LogP contribution in [0.4, 0.5) is 0 Å². The van der Waals surface area contributed by atoms with E-state index in [0.717, 1.165) is 25.6 Å². The number of aliphatic carboxylic acids is 1. The molecule has 0 bridgehead atoms. The molecule has 1 aliphatic rings. The van der Waals surface area contributed by atoms with E-state index in [-0.39, 0.29) is 18.7 Å². The SMILES string of the molecule is O=C(O)CC/C(=C1\C=C(c2ccc(Br)cc2)NC1=O)c1ccc(Br)cc1. The molecule has 0 fully saturated rings. The van der Waals surface area contributed by atoms with E-state index in [2.05, 4.69) is 37.2 Å². The summed E-state index contributed by atoms with van der Waals surface area (Å²) in [6.07, 6.45) is 2.04. The highest BCUT2D eigenvalue weighted by Gasteiger charge is 2.23. The van der Waals surface area contributed by atoms with Crippen LogP contribution < -0.4 is 5.32 Å². The van der Waals surface area contributed by atoms with Crippen LogP contribution in [-0.2, 0) is 9.59 Å². The van der Waals surface area contributed by atoms with E-state index in [0.29, 0.717) is 11.3 Å². The van der Waals surface area contributed by atoms with Gasteiger partial charge in [-0.25, -0.2) is 0 Å². The lowest BCUT2D eigenvalue weighted by molar-refractivity contribution is -0.136. The summed E-state index contributed by atoms with van der Waals surface area (Å²) < 4.78 is 1.88. The molecule has 0 spiro atoms. The number of carbonyl (C=O) groups excluding carboxylic acids is 1. The first-order valence-electron chi connectivity index (χ1n) is 7.94. The quantitative estimate of drug-likeness (QED) is 0.596. The molecule has 4 nitrogen and oxygen atoms in total. The second-order valence-corrected chi connectivity index (χ2v) is 7.64. The molecule has 0 saturated carbocycles. The zero-order chi connectivity index (χ0) is 18.7. The maximum absolute atomic E-state index is 12.6. The molecule has 132 valence electrons. The number of hydrogen-bond acceptors (Lipinski definition) is 2. The van der Waals surface area contributed by atoms with Crippen LogP contribution in [-0.4, -0.2) is 17.0 Å². The van der Waals surface area contributed by atoms with Crippen molar-refractivity contribution in [3.05, 3.63) is 80.3 Å². The van der Waals surface area contributed by atoms with Crippen LogP contribution in [0.5, 0.6) is 0 Å². The summed E-state index contributed by atoms with van der Waals surface area (Å²) in [5.41, 5.74) is 3.68. The van der Waals surface area contributed by atoms with Gasteiger partial charge in [0.25, 0.3) is 5.91 Å². The Labute approximate surface area is 167 Å². The summed E-state index contributed by atoms with van der Waals surface area (Å²) >= 11 is 6.79. The Morgan fingerprint density at radius 1 is 0.923 bits per heavy atom. The van der Waals surface area contributed by atoms with Gasteiger partial charge in [-0.2, -0.15) is 0 Å². The second kappa shape index (κ2) is 8.01. The molecule has 1 aliphatic heterocycles. The lowest BCUT2D eigenvalue weighted by Gasteiger charge is -2.09. The molecule has 1 heterocycles. The summed E-state index contributed by atoms with van der Waals surface area (Å²) in [6.45, 7) is 0. The van der Waals surface area contributed by atoms with Gasteiger partial charge in [0.15, 0.2) is 0 Å². The Morgan fingerprint density at radius 3 is 2.08 bits per heavy atom. The first-order chi connectivity index (χ1) is 12.4. The third-order valence-corrected chi connectivity index (χ3v) is 5.10. The topological polar surface area (TPSA) is 66.4 Å². The smallest absolute Gasteiger partial charge is 0.303 e. The molecule has 2 aromatic carbocycles. The van der Waals surface area contributed by atoms with E-state index in [9.17, 15) is 9.59 Å². The monoisotopic (exact) mass is 475 g/mol. The molecule has 0 saturated heterocycles. The molecule has 0 atom stereocenters. The van der Waals surface area contributed by atoms with Crippen LogP contribution in [0.15, 0.2) is 69.1 Å². The normalized spacial score (nSPS) is 15.5. The van der Waals surface area contributed by atoms with Gasteiger partial charge in [-0.05, 0) is 53.5 Å². The van der Waals surface area contributed by atoms with Gasteiger partial charge in [0.05, 0.1) is 0 Å². The van der Waals surface area contributed by atoms with Crippen molar-refractivity contribution in [2.45, 2.75) is 12.8 Å². The van der Waals surface area contributed by atoms with Gasteiger partial charge in [0.2, 0.25) is 0 Å². The van der Waals surface area contributed by atoms with Crippen LogP contribution in [0, 0.1) is 0 Å². The standard InChI is InChI=1S/C20H15Br2NO3/c21-14-5-1-12(2-6-14)16(9-10-19(24)25)17-11-18(23-20(17)26)13-3-7-15(22)8-4-13/h1-8,11H,9-10H2,(H,23,26)(H,24,25)/b17-16-. The maximum atomic E-state index is 12.6. The minimum atomic E-state index is -0.893. The second-order valence-electron chi connectivity index (χ2n) is 5.81. The molecule has 1 amide bonds. The van der Waals surface area contributed by atoms with Crippen LogP contribution in [0.2, 0.25) is 0 Å². The van der Waals surface area contributed by atoms with Crippen molar-refractivity contribution in [3.63, 3.8) is 0 Å². The number of rotatable bonds is 5. The van der Waals surface area contributed by atoms with Crippen molar-refractivity contribution in [1.29, 1.82) is 0 Å². The summed E-state index contributed by atoms with van der Waals surface area (Å²) in [4.78, 5) is 23.6. The average molecular weight is 477 g/mol. The summed E-state index contributed by atoms with van der Waals surface area (Å²) in [7, 11) is 0. The number of allylic oxidation sites excluding steroid dienone is 1. The van der Waals surface area contributed by atoms with Crippen LogP contribution in [0.3, 0.4) is 0 Å². The predicted octanol–water partition coefficient (Wildman–Crippen LogP) is 5.00. The van der Waals surface area contributed by atoms with E-state index in [1.807, 2.05) is 48.5 Å². The van der Waals surface area contributed by atoms with Gasteiger partial charge in [-0.3, -0.25) is 9.59 Å². The lowest BCUT2D eigenvalue weighted by atomic mass is 9.95. The van der Waals surface area contributed by atoms with Gasteiger partial charge in [-0.15, -0.1) is 0 Å². The fourth-order valence-corrected chi connectivity index (χ4v) is 3.29. The number of halogens is 2. The summed E-state index contributed by atoms with van der Waals surface area (Å²) in [6, 6.07) is 15.2. The number of hydrogen-bond donors (Lipinski definition) is 2. The Kier molecular flexibility index (Phi) is 5.74. The molecule has 2 aromatic rings. The van der Waals surface area contributed by atoms with Crippen LogP contribution >= 0.6 is 31.9 Å². The molecule has 26 heavy (non-hydrogen) atoms. The summed E-state index contributed by atoms with van der Waals surface area (Å²) in [5.74, 6) is -1.11. The first kappa shape index (κ1) is 18.6. The van der Waals surface area contributed by atoms with Crippen molar-refractivity contribution in [2.24, 2.45) is 0 Å². The summed E-state index contributed by atoms with van der Waals surface area (Å²) in [5, 5.41) is 11.9. The average Bonchev–Trinajstić information content (AvgIpc) is 2.99. The van der Waals surface area contributed by atoms with Crippen LogP contribution in [0.25, 0.3) is 11.3 Å². The molecule has 0 radical (unpaired) electrons. The van der Waals surface area contributed by atoms with E-state index in [1.54, 1.807) is 6.08 Å². The number of amides is 1. The van der Waals surface area contributed by atoms with Gasteiger partial charge < -0.3 is 10.4 Å². The molecule has 2 N–H and O–H groups in total. The Morgan fingerprint density at radius 2 is 1.50 bits per heavy atom. The van der Waals surface area contributed by atoms with Gasteiger partial charge >= 0.3 is 5.97 Å². The van der Waals surface area contributed by atoms with Crippen LogP contribution in [0.1, 0.15) is 24.0 Å². The number of carbonyl (C=O) groups is 2. The fraction of sp³-hybridized carbons (Fsp3) is 0.100. The van der Waals surface area contributed by atoms with Crippen molar-refractivity contribution >= 4 is 55.0 Å². The van der Waals surface area contributed by atoms with E-state index >= 15 is 0 Å². The number of carboxylic acid groups (broad SMARTS) is 1. The number of benzene rings is 2. The van der Waals surface area contributed by atoms with E-state index in [4.69, 9.17) is 5.11 Å². The minimum Gasteiger partial charge on any atom is -0.481 e. The number of nitrogens with one attached hydrogen (secondary N) is 1. The van der Waals surface area contributed by atoms with Gasteiger partial charge in [0, 0.05) is 26.6 Å². The Hall–Kier alpha value is -2.18. The van der Waals surface area contributed by atoms with Gasteiger partial charge in [-0.1, -0.05) is 56.1 Å². The molecule has 0 aromatic heterocycles. The molecule has 0 unspecified atom stereocenters. The van der Waals surface area contributed by atoms with Crippen molar-refractivity contribution < 1.29 is 14.7 Å². The Bertz CT molecular complexity index is 913. The van der Waals surface area contributed by atoms with Crippen molar-refractivity contribution in [1.82, 2.24) is 5.32 Å². The zero-order valence-electron chi connectivity index (χ0n) is 13.6. The fourth-order valence-electron chi connectivity index (χ4n) is 2.76.